The molecule has 0 aromatic carbocycles. The van der Waals surface area contributed by atoms with E-state index >= 15 is 0 Å². The van der Waals surface area contributed by atoms with Crippen molar-refractivity contribution in [2.45, 2.75) is 270 Å². The summed E-state index contributed by atoms with van der Waals surface area (Å²) in [5.74, 6) is -0.288. The van der Waals surface area contributed by atoms with Crippen molar-refractivity contribution >= 4 is 13.7 Å². The fourth-order valence-electron chi connectivity index (χ4n) is 8.14. The van der Waals surface area contributed by atoms with Crippen molar-refractivity contribution in [3.05, 3.63) is 48.6 Å². The lowest BCUT2D eigenvalue weighted by Crippen LogP contribution is -2.51. The van der Waals surface area contributed by atoms with Crippen LogP contribution in [-0.2, 0) is 18.4 Å². The Bertz CT molecular complexity index is 1250. The van der Waals surface area contributed by atoms with Crippen LogP contribution in [-0.4, -0.2) is 79.8 Å². The molecule has 0 aliphatic carbocycles. The van der Waals surface area contributed by atoms with Crippen LogP contribution in [0.5, 0.6) is 0 Å². The largest absolute Gasteiger partial charge is 0.756 e. The smallest absolute Gasteiger partial charge is 0.268 e. The Hall–Kier alpha value is -1.58. The molecule has 0 radical (unpaired) electrons. The van der Waals surface area contributed by atoms with Gasteiger partial charge in [0.05, 0.1) is 39.9 Å². The first-order valence-corrected chi connectivity index (χ1v) is 29.5. The third-order valence-corrected chi connectivity index (χ3v) is 13.6. The predicted octanol–water partition coefficient (Wildman–Crippen LogP) is 15.1. The number of aliphatic hydroxyl groups is 2. The van der Waals surface area contributed by atoms with Crippen LogP contribution in [0.15, 0.2) is 48.6 Å². The monoisotopic (exact) mass is 965 g/mol. The van der Waals surface area contributed by atoms with E-state index in [1.807, 2.05) is 21.1 Å². The number of carbonyl (C=O) groups is 1. The van der Waals surface area contributed by atoms with Crippen molar-refractivity contribution in [1.29, 1.82) is 0 Å². The van der Waals surface area contributed by atoms with Gasteiger partial charge in [-0.3, -0.25) is 9.36 Å². The van der Waals surface area contributed by atoms with Crippen molar-refractivity contribution in [2.24, 2.45) is 0 Å². The molecular weight excluding hydrogens is 856 g/mol. The zero-order valence-corrected chi connectivity index (χ0v) is 45.4. The molecule has 4 unspecified atom stereocenters. The number of unbranched alkanes of at least 4 members (excludes halogenated alkanes) is 29. The average molecular weight is 965 g/mol. The molecule has 0 aromatic heterocycles. The van der Waals surface area contributed by atoms with Gasteiger partial charge < -0.3 is 34.0 Å². The molecular formula is C57H109N2O7P. The number of nitrogens with zero attached hydrogens (tertiary/aromatic N) is 1. The van der Waals surface area contributed by atoms with E-state index in [1.54, 1.807) is 0 Å². The van der Waals surface area contributed by atoms with Gasteiger partial charge in [-0.2, -0.15) is 0 Å². The summed E-state index contributed by atoms with van der Waals surface area (Å²) in [6.45, 7) is 4.41. The second-order valence-corrected chi connectivity index (χ2v) is 21.8. The molecule has 0 heterocycles. The molecule has 394 valence electrons. The van der Waals surface area contributed by atoms with Crippen LogP contribution in [0, 0.1) is 0 Å². The van der Waals surface area contributed by atoms with Crippen molar-refractivity contribution < 1.29 is 38.0 Å². The Kier molecular flexibility index (Phi) is 46.9. The van der Waals surface area contributed by atoms with Crippen LogP contribution in [0.1, 0.15) is 251 Å². The lowest BCUT2D eigenvalue weighted by molar-refractivity contribution is -0.870. The fourth-order valence-corrected chi connectivity index (χ4v) is 8.87. The Morgan fingerprint density at radius 2 is 0.896 bits per heavy atom. The topological polar surface area (TPSA) is 128 Å². The quantitative estimate of drug-likeness (QED) is 0.0240. The molecule has 0 aliphatic rings. The van der Waals surface area contributed by atoms with Crippen LogP contribution in [0.4, 0.5) is 0 Å². The first-order chi connectivity index (χ1) is 32.4. The summed E-state index contributed by atoms with van der Waals surface area (Å²) >= 11 is 0. The van der Waals surface area contributed by atoms with Gasteiger partial charge in [0.25, 0.3) is 7.82 Å². The highest BCUT2D eigenvalue weighted by molar-refractivity contribution is 7.45. The van der Waals surface area contributed by atoms with Crippen molar-refractivity contribution in [1.82, 2.24) is 5.32 Å². The summed E-state index contributed by atoms with van der Waals surface area (Å²) in [7, 11) is 1.11. The van der Waals surface area contributed by atoms with Crippen molar-refractivity contribution in [2.75, 3.05) is 40.9 Å². The molecule has 10 heteroatoms. The molecule has 1 amide bonds. The van der Waals surface area contributed by atoms with Gasteiger partial charge in [-0.05, 0) is 77.0 Å². The summed E-state index contributed by atoms with van der Waals surface area (Å²) in [4.78, 5) is 25.5. The molecule has 0 saturated carbocycles. The second kappa shape index (κ2) is 48.1. The molecule has 67 heavy (non-hydrogen) atoms. The molecule has 9 nitrogen and oxygen atoms in total. The molecule has 3 N–H and O–H groups in total. The number of phosphoric ester groups is 1. The maximum atomic E-state index is 13.0. The van der Waals surface area contributed by atoms with E-state index in [9.17, 15) is 24.5 Å². The zero-order valence-electron chi connectivity index (χ0n) is 44.5. The first kappa shape index (κ1) is 65.4. The number of likely N-dealkylation sites (N-methyl/N-ethyl adjacent to an activating group) is 1. The van der Waals surface area contributed by atoms with Gasteiger partial charge in [0.15, 0.2) is 0 Å². The van der Waals surface area contributed by atoms with E-state index in [2.05, 4.69) is 67.8 Å². The summed E-state index contributed by atoms with van der Waals surface area (Å²) in [5.41, 5.74) is 0. The highest BCUT2D eigenvalue weighted by atomic mass is 31.2. The predicted molar refractivity (Wildman–Crippen MR) is 285 cm³/mol. The fraction of sp³-hybridized carbons (Fsp3) is 0.842. The molecule has 0 saturated heterocycles. The van der Waals surface area contributed by atoms with Crippen LogP contribution < -0.4 is 10.2 Å². The Morgan fingerprint density at radius 3 is 1.31 bits per heavy atom. The number of phosphoric acid groups is 1. The number of allylic oxidation sites excluding steroid dienone is 8. The second-order valence-electron chi connectivity index (χ2n) is 20.4. The van der Waals surface area contributed by atoms with Gasteiger partial charge in [0.1, 0.15) is 19.3 Å². The van der Waals surface area contributed by atoms with Gasteiger partial charge in [0.2, 0.25) is 5.91 Å². The first-order valence-electron chi connectivity index (χ1n) is 28.1. The lowest BCUT2D eigenvalue weighted by atomic mass is 10.0. The van der Waals surface area contributed by atoms with Crippen LogP contribution >= 0.6 is 7.82 Å². The Morgan fingerprint density at radius 1 is 0.537 bits per heavy atom. The number of aliphatic hydroxyl groups excluding tert-OH is 2. The van der Waals surface area contributed by atoms with E-state index in [0.717, 1.165) is 44.9 Å². The maximum absolute atomic E-state index is 13.0. The van der Waals surface area contributed by atoms with Gasteiger partial charge in [-0.1, -0.05) is 217 Å². The maximum Gasteiger partial charge on any atom is 0.268 e. The van der Waals surface area contributed by atoms with Gasteiger partial charge in [-0.15, -0.1) is 0 Å². The molecule has 0 fully saturated rings. The Labute approximate surface area is 414 Å². The number of quaternary nitrogens is 1. The summed E-state index contributed by atoms with van der Waals surface area (Å²) in [6, 6.07) is -1.09. The van der Waals surface area contributed by atoms with Crippen LogP contribution in [0.3, 0.4) is 0 Å². The molecule has 0 aromatic rings. The minimum Gasteiger partial charge on any atom is -0.756 e. The van der Waals surface area contributed by atoms with E-state index in [0.29, 0.717) is 30.3 Å². The lowest BCUT2D eigenvalue weighted by Gasteiger charge is -2.31. The summed E-state index contributed by atoms with van der Waals surface area (Å²) < 4.78 is 23.2. The number of amides is 1. The molecule has 0 rings (SSSR count). The molecule has 0 spiro atoms. The highest BCUT2D eigenvalue weighted by Crippen LogP contribution is 2.38. The number of carbonyl (C=O) groups excluding carboxylic acids is 1. The summed E-state index contributed by atoms with van der Waals surface area (Å²) in [6.07, 6.45) is 58.9. The highest BCUT2D eigenvalue weighted by Gasteiger charge is 2.29. The van der Waals surface area contributed by atoms with Crippen molar-refractivity contribution in [3.8, 4) is 0 Å². The normalized spacial score (nSPS) is 14.8. The Balaban J connectivity index is 4.15. The van der Waals surface area contributed by atoms with Crippen molar-refractivity contribution in [3.63, 3.8) is 0 Å². The van der Waals surface area contributed by atoms with Crippen LogP contribution in [0.25, 0.3) is 0 Å². The van der Waals surface area contributed by atoms with Crippen LogP contribution in [0.2, 0.25) is 0 Å². The number of rotatable bonds is 51. The summed E-state index contributed by atoms with van der Waals surface area (Å²) in [5, 5.41) is 24.7. The van der Waals surface area contributed by atoms with Gasteiger partial charge in [-0.25, -0.2) is 0 Å². The number of nitrogens with one attached hydrogen (secondary N) is 1. The van der Waals surface area contributed by atoms with Gasteiger partial charge >= 0.3 is 0 Å². The van der Waals surface area contributed by atoms with E-state index in [-0.39, 0.29) is 18.9 Å². The van der Waals surface area contributed by atoms with Gasteiger partial charge in [0, 0.05) is 6.42 Å². The minimum atomic E-state index is -4.68. The average Bonchev–Trinajstić information content (AvgIpc) is 3.29. The number of hydrogen-bond acceptors (Lipinski definition) is 7. The third kappa shape index (κ3) is 49.2. The molecule has 0 aliphatic heterocycles. The number of hydrogen-bond donors (Lipinski definition) is 3. The third-order valence-electron chi connectivity index (χ3n) is 12.6. The van der Waals surface area contributed by atoms with E-state index in [1.165, 1.54) is 167 Å². The molecule has 0 bridgehead atoms. The van der Waals surface area contributed by atoms with E-state index in [4.69, 9.17) is 9.05 Å². The standard InChI is InChI=1S/C57H109N2O7P/c1-6-8-10-12-14-16-18-20-21-22-23-24-25-26-27-28-29-30-31-32-33-34-35-36-37-38-40-42-44-46-48-50-56(61)58-54(53-66-67(63,64)65-52-51-59(3,4)5)57(62)55(60)49-47-45-43-41-39-19-17-15-13-11-9-7-2/h18,20,22-23,25-26,41,43,54-55,57,60,62H,6-17,19,21,24,27-40,42,44-53H2,1-5H3,(H-,58,61,63,64)/b20-18-,23-22-,26-25-,43-41+. The molecule has 4 atom stereocenters. The SMILES string of the molecule is CCCCCCC/C=C\C/C=C\C/C=C\CCCCCCCCCCCCCCCCCCC(=O)NC(COP(=O)([O-])OCC[N+](C)(C)C)C(O)C(O)CCC/C=C/CCCCCCCCC. The zero-order chi connectivity index (χ0) is 49.4. The van der Waals surface area contributed by atoms with E-state index < -0.39 is 32.7 Å². The minimum absolute atomic E-state index is 0.0463.